The molecule has 1 aliphatic heterocycles. The Balaban J connectivity index is 1.40. The molecule has 2 aromatic carbocycles. The molecular weight excluding hydrogens is 390 g/mol. The Bertz CT molecular complexity index is 860. The molecule has 6 nitrogen and oxygen atoms in total. The fraction of sp³-hybridized carbons (Fsp3) is 0.440. The Kier molecular flexibility index (Phi) is 7.55. The molecule has 0 aliphatic carbocycles. The van der Waals surface area contributed by atoms with Crippen LogP contribution in [0.3, 0.4) is 0 Å². The fourth-order valence-electron chi connectivity index (χ4n) is 3.64. The average Bonchev–Trinajstić information content (AvgIpc) is 2.77. The number of carbonyl (C=O) groups excluding carboxylic acids is 2. The molecule has 31 heavy (non-hydrogen) atoms. The topological polar surface area (TPSA) is 70.7 Å². The summed E-state index contributed by atoms with van der Waals surface area (Å²) in [7, 11) is 0. The number of anilines is 1. The van der Waals surface area contributed by atoms with Crippen LogP contribution in [-0.2, 0) is 10.2 Å². The molecule has 2 N–H and O–H groups in total. The first-order valence-electron chi connectivity index (χ1n) is 10.9. The van der Waals surface area contributed by atoms with Crippen molar-refractivity contribution in [1.29, 1.82) is 0 Å². The largest absolute Gasteiger partial charge is 0.492 e. The second-order valence-electron chi connectivity index (χ2n) is 9.00. The van der Waals surface area contributed by atoms with E-state index in [1.165, 1.54) is 5.56 Å². The molecule has 0 saturated carbocycles. The van der Waals surface area contributed by atoms with Gasteiger partial charge in [0.05, 0.1) is 12.5 Å². The van der Waals surface area contributed by atoms with E-state index < -0.39 is 0 Å². The van der Waals surface area contributed by atoms with Crippen LogP contribution in [0.1, 0.15) is 39.2 Å². The van der Waals surface area contributed by atoms with Crippen molar-refractivity contribution in [3.8, 4) is 5.75 Å². The van der Waals surface area contributed by atoms with Crippen LogP contribution in [0.15, 0.2) is 54.6 Å². The summed E-state index contributed by atoms with van der Waals surface area (Å²) >= 11 is 0. The van der Waals surface area contributed by atoms with E-state index in [9.17, 15) is 9.59 Å². The molecule has 1 unspecified atom stereocenters. The summed E-state index contributed by atoms with van der Waals surface area (Å²) in [6.45, 7) is 8.47. The van der Waals surface area contributed by atoms with Gasteiger partial charge in [0.1, 0.15) is 12.4 Å². The molecule has 1 atom stereocenters. The third-order valence-electron chi connectivity index (χ3n) is 5.49. The number of para-hydroxylation sites is 1. The summed E-state index contributed by atoms with van der Waals surface area (Å²) in [4.78, 5) is 26.8. The van der Waals surface area contributed by atoms with Crippen molar-refractivity contribution in [3.05, 3.63) is 60.2 Å². The Hall–Kier alpha value is -3.02. The Morgan fingerprint density at radius 2 is 1.77 bits per heavy atom. The maximum absolute atomic E-state index is 12.6. The van der Waals surface area contributed by atoms with Gasteiger partial charge in [0.2, 0.25) is 5.91 Å². The van der Waals surface area contributed by atoms with Gasteiger partial charge < -0.3 is 20.3 Å². The van der Waals surface area contributed by atoms with Gasteiger partial charge in [-0.15, -0.1) is 0 Å². The van der Waals surface area contributed by atoms with E-state index in [0.717, 1.165) is 24.3 Å². The minimum Gasteiger partial charge on any atom is -0.492 e. The number of hydrogen-bond acceptors (Lipinski definition) is 3. The zero-order chi connectivity index (χ0) is 22.3. The van der Waals surface area contributed by atoms with Crippen molar-refractivity contribution >= 4 is 17.6 Å². The number of benzene rings is 2. The van der Waals surface area contributed by atoms with Crippen LogP contribution < -0.4 is 15.4 Å². The lowest BCUT2D eigenvalue weighted by Gasteiger charge is -2.32. The van der Waals surface area contributed by atoms with Crippen molar-refractivity contribution in [2.24, 2.45) is 5.92 Å². The van der Waals surface area contributed by atoms with Crippen LogP contribution in [-0.4, -0.2) is 43.1 Å². The highest BCUT2D eigenvalue weighted by Gasteiger charge is 2.28. The maximum atomic E-state index is 12.6. The molecular formula is C25H33N3O3. The smallest absolute Gasteiger partial charge is 0.321 e. The van der Waals surface area contributed by atoms with Crippen molar-refractivity contribution in [3.63, 3.8) is 0 Å². The highest BCUT2D eigenvalue weighted by molar-refractivity contribution is 5.90. The molecule has 1 fully saturated rings. The van der Waals surface area contributed by atoms with Crippen molar-refractivity contribution in [2.75, 3.05) is 31.6 Å². The third-order valence-corrected chi connectivity index (χ3v) is 5.49. The van der Waals surface area contributed by atoms with Gasteiger partial charge in [-0.25, -0.2) is 4.79 Å². The molecule has 1 saturated heterocycles. The molecule has 0 spiro atoms. The van der Waals surface area contributed by atoms with E-state index in [1.807, 2.05) is 42.5 Å². The van der Waals surface area contributed by atoms with Gasteiger partial charge in [-0.2, -0.15) is 0 Å². The van der Waals surface area contributed by atoms with Crippen LogP contribution in [0.5, 0.6) is 5.75 Å². The summed E-state index contributed by atoms with van der Waals surface area (Å²) in [5, 5.41) is 5.84. The van der Waals surface area contributed by atoms with Crippen LogP contribution >= 0.6 is 0 Å². The number of nitrogens with one attached hydrogen (secondary N) is 2. The summed E-state index contributed by atoms with van der Waals surface area (Å²) in [6.07, 6.45) is 1.60. The summed E-state index contributed by atoms with van der Waals surface area (Å²) < 4.78 is 5.75. The average molecular weight is 424 g/mol. The van der Waals surface area contributed by atoms with Crippen LogP contribution in [0.2, 0.25) is 0 Å². The van der Waals surface area contributed by atoms with Gasteiger partial charge in [-0.3, -0.25) is 4.79 Å². The lowest BCUT2D eigenvalue weighted by atomic mass is 9.87. The number of hydrogen-bond donors (Lipinski definition) is 2. The molecule has 1 aliphatic rings. The Morgan fingerprint density at radius 1 is 1.06 bits per heavy atom. The second-order valence-corrected chi connectivity index (χ2v) is 9.00. The standard InChI is InChI=1S/C25H33N3O3/c1-25(2,3)20-11-13-22(14-12-20)31-17-15-26-23(29)19-8-7-16-28(18-19)24(30)27-21-9-5-4-6-10-21/h4-6,9-14,19H,7-8,15-18H2,1-3H3,(H,26,29)(H,27,30). The van der Waals surface area contributed by atoms with E-state index in [1.54, 1.807) is 4.90 Å². The quantitative estimate of drug-likeness (QED) is 0.676. The van der Waals surface area contributed by atoms with Crippen LogP contribution in [0, 0.1) is 5.92 Å². The van der Waals surface area contributed by atoms with Gasteiger partial charge >= 0.3 is 6.03 Å². The summed E-state index contributed by atoms with van der Waals surface area (Å²) in [5.41, 5.74) is 2.12. The highest BCUT2D eigenvalue weighted by Crippen LogP contribution is 2.24. The molecule has 2 aromatic rings. The first-order chi connectivity index (χ1) is 14.8. The Labute approximate surface area is 185 Å². The predicted molar refractivity (Wildman–Crippen MR) is 123 cm³/mol. The third kappa shape index (κ3) is 6.74. The van der Waals surface area contributed by atoms with Gasteiger partial charge in [0, 0.05) is 18.8 Å². The number of rotatable bonds is 6. The fourth-order valence-corrected chi connectivity index (χ4v) is 3.64. The van der Waals surface area contributed by atoms with Crippen molar-refractivity contribution < 1.29 is 14.3 Å². The number of amides is 3. The van der Waals surface area contributed by atoms with Crippen molar-refractivity contribution in [2.45, 2.75) is 39.0 Å². The summed E-state index contributed by atoms with van der Waals surface area (Å²) in [5.74, 6) is 0.578. The lowest BCUT2D eigenvalue weighted by molar-refractivity contribution is -0.126. The number of piperidine rings is 1. The van der Waals surface area contributed by atoms with E-state index >= 15 is 0 Å². The minimum atomic E-state index is -0.193. The normalized spacial score (nSPS) is 16.5. The first-order valence-corrected chi connectivity index (χ1v) is 10.9. The molecule has 0 aromatic heterocycles. The zero-order valence-corrected chi connectivity index (χ0v) is 18.7. The monoisotopic (exact) mass is 423 g/mol. The van der Waals surface area contributed by atoms with E-state index in [4.69, 9.17) is 4.74 Å². The predicted octanol–water partition coefficient (Wildman–Crippen LogP) is 4.42. The zero-order valence-electron chi connectivity index (χ0n) is 18.7. The van der Waals surface area contributed by atoms with E-state index in [2.05, 4.69) is 43.5 Å². The highest BCUT2D eigenvalue weighted by atomic mass is 16.5. The van der Waals surface area contributed by atoms with Crippen molar-refractivity contribution in [1.82, 2.24) is 10.2 Å². The number of likely N-dealkylation sites (tertiary alicyclic amines) is 1. The number of nitrogens with zero attached hydrogens (tertiary/aromatic N) is 1. The first kappa shape index (κ1) is 22.7. The van der Waals surface area contributed by atoms with Gasteiger partial charge in [-0.1, -0.05) is 51.1 Å². The molecule has 6 heteroatoms. The SMILES string of the molecule is CC(C)(C)c1ccc(OCCNC(=O)C2CCCN(C(=O)Nc3ccccc3)C2)cc1. The van der Waals surface area contributed by atoms with Crippen LogP contribution in [0.4, 0.5) is 10.5 Å². The van der Waals surface area contributed by atoms with E-state index in [-0.39, 0.29) is 23.3 Å². The maximum Gasteiger partial charge on any atom is 0.321 e. The van der Waals surface area contributed by atoms with Crippen LogP contribution in [0.25, 0.3) is 0 Å². The number of urea groups is 1. The second kappa shape index (κ2) is 10.3. The molecule has 0 bridgehead atoms. The Morgan fingerprint density at radius 3 is 2.45 bits per heavy atom. The number of ether oxygens (including phenoxy) is 1. The number of carbonyl (C=O) groups is 2. The molecule has 3 rings (SSSR count). The molecule has 0 radical (unpaired) electrons. The summed E-state index contributed by atoms with van der Waals surface area (Å²) in [6, 6.07) is 17.3. The van der Waals surface area contributed by atoms with Gasteiger partial charge in [-0.05, 0) is 48.1 Å². The molecule has 166 valence electrons. The van der Waals surface area contributed by atoms with Gasteiger partial charge in [0.25, 0.3) is 0 Å². The van der Waals surface area contributed by atoms with Gasteiger partial charge in [0.15, 0.2) is 0 Å². The lowest BCUT2D eigenvalue weighted by Crippen LogP contribution is -2.47. The van der Waals surface area contributed by atoms with E-state index in [0.29, 0.717) is 26.2 Å². The molecule has 3 amide bonds. The molecule has 1 heterocycles. The minimum absolute atomic E-state index is 0.0242.